The molecule has 0 saturated carbocycles. The van der Waals surface area contributed by atoms with Crippen LogP contribution in [0.5, 0.6) is 0 Å². The highest BCUT2D eigenvalue weighted by Crippen LogP contribution is 2.25. The van der Waals surface area contributed by atoms with Crippen molar-refractivity contribution in [3.63, 3.8) is 0 Å². The molecule has 2 aromatic carbocycles. The summed E-state index contributed by atoms with van der Waals surface area (Å²) in [7, 11) is 0. The van der Waals surface area contributed by atoms with Gasteiger partial charge in [0.25, 0.3) is 5.91 Å². The lowest BCUT2D eigenvalue weighted by atomic mass is 10.2. The highest BCUT2D eigenvalue weighted by Gasteiger charge is 2.10. The number of carbonyl (C=O) groups is 3. The lowest BCUT2D eigenvalue weighted by Gasteiger charge is -2.08. The van der Waals surface area contributed by atoms with Crippen LogP contribution in [0.25, 0.3) is 6.08 Å². The van der Waals surface area contributed by atoms with E-state index in [1.165, 1.54) is 18.2 Å². The van der Waals surface area contributed by atoms with Crippen LogP contribution < -0.4 is 16.2 Å². The van der Waals surface area contributed by atoms with Crippen LogP contribution in [-0.2, 0) is 14.4 Å². The van der Waals surface area contributed by atoms with Gasteiger partial charge in [0.2, 0.25) is 11.8 Å². The molecule has 2 rings (SSSR count). The van der Waals surface area contributed by atoms with Crippen molar-refractivity contribution in [1.29, 1.82) is 0 Å². The summed E-state index contributed by atoms with van der Waals surface area (Å²) in [5.41, 5.74) is 5.52. The molecule has 28 heavy (non-hydrogen) atoms. The van der Waals surface area contributed by atoms with E-state index >= 15 is 0 Å². The van der Waals surface area contributed by atoms with Gasteiger partial charge >= 0.3 is 0 Å². The molecule has 9 heteroatoms. The smallest absolute Gasteiger partial charge is 0.262 e. The van der Waals surface area contributed by atoms with E-state index in [1.54, 1.807) is 36.4 Å². The predicted molar refractivity (Wildman–Crippen MR) is 111 cm³/mol. The molecule has 0 bridgehead atoms. The minimum Gasteiger partial charge on any atom is -0.325 e. The largest absolute Gasteiger partial charge is 0.325 e. The Balaban J connectivity index is 1.72. The second-order valence-electron chi connectivity index (χ2n) is 5.56. The van der Waals surface area contributed by atoms with E-state index in [9.17, 15) is 14.4 Å². The van der Waals surface area contributed by atoms with E-state index in [-0.39, 0.29) is 12.8 Å². The predicted octanol–water partition coefficient (Wildman–Crippen LogP) is 4.23. The van der Waals surface area contributed by atoms with Gasteiger partial charge in [0.1, 0.15) is 0 Å². The van der Waals surface area contributed by atoms with Gasteiger partial charge in [-0.15, -0.1) is 0 Å². The number of rotatable bonds is 6. The first-order valence-corrected chi connectivity index (χ1v) is 9.25. The molecule has 0 aliphatic heterocycles. The van der Waals surface area contributed by atoms with E-state index in [0.717, 1.165) is 0 Å². The van der Waals surface area contributed by atoms with Crippen molar-refractivity contribution in [2.45, 2.75) is 12.8 Å². The number of benzene rings is 2. The monoisotopic (exact) mass is 439 g/mol. The standard InChI is InChI=1S/C19H16Cl3N3O3/c20-13-6-7-16(15(22)11-13)23-17(26)9-10-19(28)25-24-18(27)8-5-12-3-1-2-4-14(12)21/h1-8,11H,9-10H2,(H,23,26)(H,24,27)(H,25,28). The Hall–Kier alpha value is -2.54. The summed E-state index contributed by atoms with van der Waals surface area (Å²) in [5.74, 6) is -1.45. The van der Waals surface area contributed by atoms with Crippen molar-refractivity contribution in [1.82, 2.24) is 10.9 Å². The fraction of sp³-hybridized carbons (Fsp3) is 0.105. The van der Waals surface area contributed by atoms with Gasteiger partial charge < -0.3 is 5.32 Å². The van der Waals surface area contributed by atoms with Crippen molar-refractivity contribution in [3.05, 3.63) is 69.2 Å². The molecule has 0 aromatic heterocycles. The van der Waals surface area contributed by atoms with Crippen molar-refractivity contribution >= 4 is 64.3 Å². The van der Waals surface area contributed by atoms with Crippen LogP contribution in [0.3, 0.4) is 0 Å². The van der Waals surface area contributed by atoms with E-state index in [2.05, 4.69) is 16.2 Å². The Morgan fingerprint density at radius 1 is 0.857 bits per heavy atom. The summed E-state index contributed by atoms with van der Waals surface area (Å²) in [6, 6.07) is 11.6. The highest BCUT2D eigenvalue weighted by molar-refractivity contribution is 6.36. The maximum Gasteiger partial charge on any atom is 0.262 e. The zero-order valence-electron chi connectivity index (χ0n) is 14.5. The molecule has 3 amide bonds. The van der Waals surface area contributed by atoms with Crippen LogP contribution in [0.1, 0.15) is 18.4 Å². The molecule has 0 aliphatic rings. The van der Waals surface area contributed by atoms with Crippen molar-refractivity contribution in [2.24, 2.45) is 0 Å². The quantitative estimate of drug-likeness (QED) is 0.464. The number of amides is 3. The molecule has 0 atom stereocenters. The second-order valence-corrected chi connectivity index (χ2v) is 6.82. The van der Waals surface area contributed by atoms with Gasteiger partial charge in [0, 0.05) is 29.0 Å². The summed E-state index contributed by atoms with van der Waals surface area (Å²) in [5, 5.41) is 3.82. The maximum atomic E-state index is 11.9. The fourth-order valence-electron chi connectivity index (χ4n) is 2.04. The van der Waals surface area contributed by atoms with Crippen molar-refractivity contribution in [2.75, 3.05) is 5.32 Å². The van der Waals surface area contributed by atoms with Crippen LogP contribution in [0.4, 0.5) is 5.69 Å². The number of carbonyl (C=O) groups excluding carboxylic acids is 3. The summed E-state index contributed by atoms with van der Waals surface area (Å²) in [4.78, 5) is 35.4. The van der Waals surface area contributed by atoms with Gasteiger partial charge in [-0.3, -0.25) is 25.2 Å². The van der Waals surface area contributed by atoms with Crippen LogP contribution in [0, 0.1) is 0 Å². The molecular formula is C19H16Cl3N3O3. The summed E-state index contributed by atoms with van der Waals surface area (Å²) in [6.45, 7) is 0. The molecule has 0 radical (unpaired) electrons. The topological polar surface area (TPSA) is 87.3 Å². The normalized spacial score (nSPS) is 10.5. The lowest BCUT2D eigenvalue weighted by molar-refractivity contribution is -0.128. The number of nitrogens with one attached hydrogen (secondary N) is 3. The van der Waals surface area contributed by atoms with Gasteiger partial charge in [-0.1, -0.05) is 53.0 Å². The third kappa shape index (κ3) is 7.23. The molecular weight excluding hydrogens is 425 g/mol. The Morgan fingerprint density at radius 2 is 1.57 bits per heavy atom. The van der Waals surface area contributed by atoms with Gasteiger partial charge in [0.15, 0.2) is 0 Å². The van der Waals surface area contributed by atoms with Crippen molar-refractivity contribution < 1.29 is 14.4 Å². The van der Waals surface area contributed by atoms with Gasteiger partial charge in [-0.25, -0.2) is 0 Å². The lowest BCUT2D eigenvalue weighted by Crippen LogP contribution is -2.41. The molecule has 3 N–H and O–H groups in total. The Kier molecular flexibility index (Phi) is 8.32. The van der Waals surface area contributed by atoms with Crippen LogP contribution in [0.2, 0.25) is 15.1 Å². The second kappa shape index (κ2) is 10.7. The first kappa shape index (κ1) is 21.8. The molecule has 0 saturated heterocycles. The van der Waals surface area contributed by atoms with Gasteiger partial charge in [0.05, 0.1) is 10.7 Å². The van der Waals surface area contributed by atoms with Crippen LogP contribution >= 0.6 is 34.8 Å². The third-order valence-corrected chi connectivity index (χ3v) is 4.32. The van der Waals surface area contributed by atoms with E-state index in [4.69, 9.17) is 34.8 Å². The number of hydrazine groups is 1. The zero-order valence-corrected chi connectivity index (χ0v) is 16.7. The van der Waals surface area contributed by atoms with E-state index < -0.39 is 17.7 Å². The Morgan fingerprint density at radius 3 is 2.29 bits per heavy atom. The minimum absolute atomic E-state index is 0.0872. The zero-order chi connectivity index (χ0) is 20.5. The Labute approximate surface area is 176 Å². The highest BCUT2D eigenvalue weighted by atomic mass is 35.5. The number of anilines is 1. The third-order valence-electron chi connectivity index (χ3n) is 3.43. The fourth-order valence-corrected chi connectivity index (χ4v) is 2.70. The summed E-state index contributed by atoms with van der Waals surface area (Å²) in [6.07, 6.45) is 2.55. The first-order valence-electron chi connectivity index (χ1n) is 8.11. The minimum atomic E-state index is -0.536. The van der Waals surface area contributed by atoms with E-state index in [1.807, 2.05) is 0 Å². The molecule has 0 aliphatic carbocycles. The number of hydrogen-bond acceptors (Lipinski definition) is 3. The van der Waals surface area contributed by atoms with Crippen LogP contribution in [-0.4, -0.2) is 17.7 Å². The maximum absolute atomic E-state index is 11.9. The average Bonchev–Trinajstić information content (AvgIpc) is 2.66. The molecule has 0 spiro atoms. The molecule has 2 aromatic rings. The summed E-state index contributed by atoms with van der Waals surface area (Å²) >= 11 is 17.7. The molecule has 0 unspecified atom stereocenters. The number of hydrogen-bond donors (Lipinski definition) is 3. The van der Waals surface area contributed by atoms with Gasteiger partial charge in [-0.2, -0.15) is 0 Å². The summed E-state index contributed by atoms with van der Waals surface area (Å²) < 4.78 is 0. The SMILES string of the molecule is O=C(C=Cc1ccccc1Cl)NNC(=O)CCC(=O)Nc1ccc(Cl)cc1Cl. The Bertz CT molecular complexity index is 916. The van der Waals surface area contributed by atoms with E-state index in [0.29, 0.717) is 26.3 Å². The molecule has 146 valence electrons. The number of halogens is 3. The molecule has 0 heterocycles. The average molecular weight is 441 g/mol. The van der Waals surface area contributed by atoms with Crippen LogP contribution in [0.15, 0.2) is 48.5 Å². The molecule has 0 fully saturated rings. The van der Waals surface area contributed by atoms with Gasteiger partial charge in [-0.05, 0) is 35.9 Å². The molecule has 6 nitrogen and oxygen atoms in total. The van der Waals surface area contributed by atoms with Crippen molar-refractivity contribution in [3.8, 4) is 0 Å². The first-order chi connectivity index (χ1) is 13.3.